The Morgan fingerprint density at radius 2 is 2.00 bits per heavy atom. The monoisotopic (exact) mass is 314 g/mol. The Morgan fingerprint density at radius 3 is 2.45 bits per heavy atom. The molecule has 0 saturated heterocycles. The molecule has 0 spiro atoms. The Balaban J connectivity index is 2.73. The van der Waals surface area contributed by atoms with Gasteiger partial charge in [-0.25, -0.2) is 13.2 Å². The van der Waals surface area contributed by atoms with Crippen molar-refractivity contribution >= 4 is 5.97 Å². The molecule has 0 aliphatic heterocycles. The van der Waals surface area contributed by atoms with Crippen molar-refractivity contribution in [1.29, 1.82) is 0 Å². The lowest BCUT2D eigenvalue weighted by Crippen LogP contribution is -2.20. The minimum absolute atomic E-state index is 0.0107. The predicted molar refractivity (Wildman–Crippen MR) is 78.7 cm³/mol. The highest BCUT2D eigenvalue weighted by molar-refractivity contribution is 5.79. The Hall–Kier alpha value is -1.70. The van der Waals surface area contributed by atoms with Crippen LogP contribution in [-0.4, -0.2) is 18.5 Å². The van der Waals surface area contributed by atoms with Crippen LogP contribution < -0.4 is 0 Å². The Morgan fingerprint density at radius 1 is 1.41 bits per heavy atom. The zero-order valence-electron chi connectivity index (χ0n) is 13.2. The maximum absolute atomic E-state index is 13.7. The van der Waals surface area contributed by atoms with E-state index >= 15 is 0 Å². The first-order valence-corrected chi connectivity index (χ1v) is 7.06. The average molecular weight is 314 g/mol. The van der Waals surface area contributed by atoms with E-state index in [1.807, 2.05) is 39.7 Å². The van der Waals surface area contributed by atoms with Crippen molar-refractivity contribution in [1.82, 2.24) is 0 Å². The van der Waals surface area contributed by atoms with Crippen LogP contribution in [0.2, 0.25) is 0 Å². The largest absolute Gasteiger partial charge is 0.441 e. The molecule has 1 aliphatic rings. The highest BCUT2D eigenvalue weighted by Gasteiger charge is 2.61. The number of ether oxygens (including phenoxy) is 1. The number of alkyl halides is 2. The number of rotatable bonds is 6. The third kappa shape index (κ3) is 4.40. The first-order chi connectivity index (χ1) is 10.1. The fourth-order valence-electron chi connectivity index (χ4n) is 2.47. The lowest BCUT2D eigenvalue weighted by molar-refractivity contribution is -0.148. The molecule has 1 saturated carbocycles. The van der Waals surface area contributed by atoms with Crippen LogP contribution in [0.5, 0.6) is 0 Å². The SMILES string of the molecule is C#CC(OC(=O)C1C(C=C(C)C)C1(C)C)/C(F)=C/CC(F)F. The van der Waals surface area contributed by atoms with Crippen molar-refractivity contribution in [3.63, 3.8) is 0 Å². The van der Waals surface area contributed by atoms with Crippen molar-refractivity contribution in [3.8, 4) is 12.3 Å². The number of halogens is 3. The fraction of sp³-hybridized carbons (Fsp3) is 0.588. The van der Waals surface area contributed by atoms with Crippen LogP contribution in [0.15, 0.2) is 23.6 Å². The second-order valence-corrected chi connectivity index (χ2v) is 6.27. The summed E-state index contributed by atoms with van der Waals surface area (Å²) >= 11 is 0. The van der Waals surface area contributed by atoms with Gasteiger partial charge in [-0.05, 0) is 31.3 Å². The van der Waals surface area contributed by atoms with Gasteiger partial charge in [-0.1, -0.05) is 31.4 Å². The quantitative estimate of drug-likeness (QED) is 0.415. The molecular formula is C17H21F3O2. The molecule has 0 bridgehead atoms. The molecule has 0 radical (unpaired) electrons. The standard InChI is InChI=1S/C17H21F3O2/c1-6-13(12(18)7-8-14(19)20)22-16(21)15-11(9-10(2)3)17(15,4)5/h1,7,9,11,13-15H,8H2,2-5H3/b12-7-. The van der Waals surface area contributed by atoms with Gasteiger partial charge in [0.25, 0.3) is 0 Å². The number of hydrogen-bond donors (Lipinski definition) is 0. The predicted octanol–water partition coefficient (Wildman–Crippen LogP) is 4.28. The summed E-state index contributed by atoms with van der Waals surface area (Å²) in [5.41, 5.74) is 0.793. The zero-order valence-corrected chi connectivity index (χ0v) is 13.2. The van der Waals surface area contributed by atoms with E-state index in [0.29, 0.717) is 6.08 Å². The molecule has 22 heavy (non-hydrogen) atoms. The minimum atomic E-state index is -2.68. The van der Waals surface area contributed by atoms with Gasteiger partial charge < -0.3 is 4.74 Å². The van der Waals surface area contributed by atoms with Gasteiger partial charge in [-0.15, -0.1) is 6.42 Å². The van der Waals surface area contributed by atoms with Crippen LogP contribution in [0, 0.1) is 29.6 Å². The van der Waals surface area contributed by atoms with Gasteiger partial charge in [0.1, 0.15) is 5.83 Å². The summed E-state index contributed by atoms with van der Waals surface area (Å²) in [5.74, 6) is -0.0504. The summed E-state index contributed by atoms with van der Waals surface area (Å²) in [6.45, 7) is 7.68. The van der Waals surface area contributed by atoms with E-state index in [1.165, 1.54) is 0 Å². The van der Waals surface area contributed by atoms with Gasteiger partial charge in [-0.3, -0.25) is 4.79 Å². The number of hydrogen-bond acceptors (Lipinski definition) is 2. The normalized spacial score (nSPS) is 24.4. The molecule has 0 aromatic heterocycles. The lowest BCUT2D eigenvalue weighted by Gasteiger charge is -2.11. The van der Waals surface area contributed by atoms with Crippen molar-refractivity contribution in [2.24, 2.45) is 17.3 Å². The van der Waals surface area contributed by atoms with Gasteiger partial charge in [0.05, 0.1) is 5.92 Å². The van der Waals surface area contributed by atoms with E-state index < -0.39 is 36.7 Å². The Bertz CT molecular complexity index is 523. The van der Waals surface area contributed by atoms with E-state index in [9.17, 15) is 18.0 Å². The summed E-state index contributed by atoms with van der Waals surface area (Å²) in [6.07, 6.45) is 2.77. The fourth-order valence-corrected chi connectivity index (χ4v) is 2.47. The van der Waals surface area contributed by atoms with Crippen molar-refractivity contribution in [3.05, 3.63) is 23.6 Å². The molecule has 0 aromatic rings. The van der Waals surface area contributed by atoms with Gasteiger partial charge in [0, 0.05) is 6.42 Å². The maximum atomic E-state index is 13.7. The van der Waals surface area contributed by atoms with E-state index in [2.05, 4.69) is 0 Å². The molecule has 0 amide bonds. The number of esters is 1. The second-order valence-electron chi connectivity index (χ2n) is 6.27. The molecule has 0 aromatic carbocycles. The van der Waals surface area contributed by atoms with E-state index in [1.54, 1.807) is 0 Å². The lowest BCUT2D eigenvalue weighted by atomic mass is 10.1. The number of allylic oxidation sites excluding steroid dienone is 3. The number of carbonyl (C=O) groups is 1. The average Bonchev–Trinajstić information content (AvgIpc) is 2.93. The molecule has 3 atom stereocenters. The Kier molecular flexibility index (Phi) is 5.87. The van der Waals surface area contributed by atoms with E-state index in [-0.39, 0.29) is 11.3 Å². The van der Waals surface area contributed by atoms with Gasteiger partial charge in [0.2, 0.25) is 12.5 Å². The summed E-state index contributed by atoms with van der Waals surface area (Å²) in [4.78, 5) is 12.1. The molecular weight excluding hydrogens is 293 g/mol. The zero-order chi connectivity index (χ0) is 17.1. The molecule has 1 fully saturated rings. The summed E-state index contributed by atoms with van der Waals surface area (Å²) in [5, 5.41) is 0. The van der Waals surface area contributed by atoms with Crippen molar-refractivity contribution in [2.45, 2.75) is 46.6 Å². The summed E-state index contributed by atoms with van der Waals surface area (Å²) in [7, 11) is 0. The number of carbonyl (C=O) groups excluding carboxylic acids is 1. The van der Waals surface area contributed by atoms with E-state index in [4.69, 9.17) is 11.2 Å². The third-order valence-electron chi connectivity index (χ3n) is 3.80. The second kappa shape index (κ2) is 7.04. The van der Waals surface area contributed by atoms with Crippen molar-refractivity contribution < 1.29 is 22.7 Å². The third-order valence-corrected chi connectivity index (χ3v) is 3.80. The first kappa shape index (κ1) is 18.3. The van der Waals surface area contributed by atoms with Gasteiger partial charge in [-0.2, -0.15) is 0 Å². The molecule has 2 nitrogen and oxygen atoms in total. The summed E-state index contributed by atoms with van der Waals surface area (Å²) in [6, 6.07) is 0. The van der Waals surface area contributed by atoms with Crippen molar-refractivity contribution in [2.75, 3.05) is 0 Å². The Labute approximate surface area is 129 Å². The summed E-state index contributed by atoms with van der Waals surface area (Å²) < 4.78 is 42.8. The topological polar surface area (TPSA) is 26.3 Å². The van der Waals surface area contributed by atoms with Crippen LogP contribution in [0.4, 0.5) is 13.2 Å². The molecule has 1 aliphatic carbocycles. The molecule has 3 unspecified atom stereocenters. The van der Waals surface area contributed by atoms with Crippen LogP contribution in [0.25, 0.3) is 0 Å². The maximum Gasteiger partial charge on any atom is 0.311 e. The minimum Gasteiger partial charge on any atom is -0.441 e. The van der Waals surface area contributed by atoms with Crippen LogP contribution in [0.1, 0.15) is 34.1 Å². The highest BCUT2D eigenvalue weighted by Crippen LogP contribution is 2.59. The van der Waals surface area contributed by atoms with Crippen LogP contribution in [-0.2, 0) is 9.53 Å². The molecule has 0 N–H and O–H groups in total. The molecule has 1 rings (SSSR count). The van der Waals surface area contributed by atoms with Crippen LogP contribution in [0.3, 0.4) is 0 Å². The van der Waals surface area contributed by atoms with E-state index in [0.717, 1.165) is 5.57 Å². The smallest absolute Gasteiger partial charge is 0.311 e. The molecule has 5 heteroatoms. The van der Waals surface area contributed by atoms with Crippen LogP contribution >= 0.6 is 0 Å². The molecule has 0 heterocycles. The first-order valence-electron chi connectivity index (χ1n) is 7.06. The molecule has 122 valence electrons. The highest BCUT2D eigenvalue weighted by atomic mass is 19.3. The van der Waals surface area contributed by atoms with Gasteiger partial charge >= 0.3 is 5.97 Å². The number of terminal acetylenes is 1. The van der Waals surface area contributed by atoms with Gasteiger partial charge in [0.15, 0.2) is 0 Å².